The molecule has 0 fully saturated rings. The third kappa shape index (κ3) is 6.43. The van der Waals surface area contributed by atoms with Crippen molar-refractivity contribution in [2.45, 2.75) is 0 Å². The molecule has 1 aromatic rings. The van der Waals surface area contributed by atoms with Crippen molar-refractivity contribution in [3.05, 3.63) is 40.4 Å². The molecule has 0 saturated carbocycles. The quantitative estimate of drug-likeness (QED) is 0.510. The normalized spacial score (nSPS) is 9.89. The van der Waals surface area contributed by atoms with Crippen LogP contribution < -0.4 is 5.32 Å². The number of nitrogens with one attached hydrogen (secondary N) is 1. The van der Waals surface area contributed by atoms with Crippen molar-refractivity contribution in [1.82, 2.24) is 5.32 Å². The van der Waals surface area contributed by atoms with Crippen LogP contribution >= 0.6 is 15.9 Å². The summed E-state index contributed by atoms with van der Waals surface area (Å²) in [5.41, 5.74) is 0.850. The van der Waals surface area contributed by atoms with Crippen molar-refractivity contribution < 1.29 is 14.3 Å². The number of carbonyl (C=O) groups is 2. The molecule has 0 aromatic heterocycles. The lowest BCUT2D eigenvalue weighted by molar-refractivity contribution is -0.143. The first-order valence-electron chi connectivity index (χ1n) is 5.42. The van der Waals surface area contributed by atoms with E-state index in [1.807, 2.05) is 24.3 Å². The Kier molecular flexibility index (Phi) is 6.41. The van der Waals surface area contributed by atoms with E-state index >= 15 is 0 Å². The van der Waals surface area contributed by atoms with E-state index in [2.05, 4.69) is 27.2 Å². The highest BCUT2D eigenvalue weighted by Gasteiger charge is 2.03. The molecule has 1 rings (SSSR count). The van der Waals surface area contributed by atoms with Crippen LogP contribution in [0.3, 0.4) is 0 Å². The summed E-state index contributed by atoms with van der Waals surface area (Å²) in [6, 6.07) is 7.42. The van der Waals surface area contributed by atoms with Gasteiger partial charge in [0, 0.05) is 10.5 Å². The van der Waals surface area contributed by atoms with Crippen molar-refractivity contribution in [2.75, 3.05) is 13.2 Å². The van der Waals surface area contributed by atoms with E-state index in [1.165, 1.54) is 6.08 Å². The Labute approximate surface area is 120 Å². The highest BCUT2D eigenvalue weighted by Crippen LogP contribution is 2.12. The molecule has 1 aromatic carbocycles. The third-order valence-electron chi connectivity index (χ3n) is 1.99. The van der Waals surface area contributed by atoms with E-state index in [9.17, 15) is 9.59 Å². The SMILES string of the molecule is C#CCNC(=O)COC(=O)/C=C/c1cccc(Br)c1. The van der Waals surface area contributed by atoms with Gasteiger partial charge in [-0.2, -0.15) is 0 Å². The minimum absolute atomic E-state index is 0.115. The maximum Gasteiger partial charge on any atom is 0.331 e. The van der Waals surface area contributed by atoms with Gasteiger partial charge in [0.2, 0.25) is 0 Å². The second-order valence-corrected chi connectivity index (χ2v) is 4.39. The maximum atomic E-state index is 11.3. The standard InChI is InChI=1S/C14H12BrNO3/c1-2-8-16-13(17)10-19-14(18)7-6-11-4-3-5-12(15)9-11/h1,3-7,9H,8,10H2,(H,16,17)/b7-6+. The van der Waals surface area contributed by atoms with Crippen molar-refractivity contribution >= 4 is 33.9 Å². The lowest BCUT2D eigenvalue weighted by atomic mass is 10.2. The molecule has 0 unspecified atom stereocenters. The fourth-order valence-corrected chi connectivity index (χ4v) is 1.58. The van der Waals surface area contributed by atoms with E-state index in [-0.39, 0.29) is 13.2 Å². The number of terminal acetylenes is 1. The number of hydrogen-bond donors (Lipinski definition) is 1. The van der Waals surface area contributed by atoms with Crippen LogP contribution in [-0.4, -0.2) is 25.0 Å². The molecule has 1 N–H and O–H groups in total. The van der Waals surface area contributed by atoms with Gasteiger partial charge in [-0.1, -0.05) is 34.0 Å². The first-order valence-corrected chi connectivity index (χ1v) is 6.21. The zero-order chi connectivity index (χ0) is 14.1. The Balaban J connectivity index is 2.39. The van der Waals surface area contributed by atoms with Gasteiger partial charge in [-0.05, 0) is 23.8 Å². The molecule has 0 aliphatic carbocycles. The number of halogens is 1. The summed E-state index contributed by atoms with van der Waals surface area (Å²) in [4.78, 5) is 22.4. The molecule has 1 amide bonds. The average Bonchev–Trinajstić information content (AvgIpc) is 2.40. The van der Waals surface area contributed by atoms with E-state index in [1.54, 1.807) is 6.08 Å². The van der Waals surface area contributed by atoms with Gasteiger partial charge in [-0.15, -0.1) is 6.42 Å². The molecule has 5 heteroatoms. The number of carbonyl (C=O) groups excluding carboxylic acids is 2. The van der Waals surface area contributed by atoms with Crippen LogP contribution in [0.5, 0.6) is 0 Å². The van der Waals surface area contributed by atoms with Crippen molar-refractivity contribution in [2.24, 2.45) is 0 Å². The maximum absolute atomic E-state index is 11.3. The zero-order valence-corrected chi connectivity index (χ0v) is 11.6. The van der Waals surface area contributed by atoms with Crippen LogP contribution in [-0.2, 0) is 14.3 Å². The molecule has 98 valence electrons. The molecule has 19 heavy (non-hydrogen) atoms. The summed E-state index contributed by atoms with van der Waals surface area (Å²) in [5, 5.41) is 2.39. The Bertz CT molecular complexity index is 532. The van der Waals surface area contributed by atoms with E-state index in [0.29, 0.717) is 0 Å². The number of rotatable bonds is 5. The molecule has 0 bridgehead atoms. The Morgan fingerprint density at radius 3 is 2.95 bits per heavy atom. The minimum Gasteiger partial charge on any atom is -0.452 e. The number of benzene rings is 1. The topological polar surface area (TPSA) is 55.4 Å². The molecular formula is C14H12BrNO3. The molecule has 0 aliphatic rings. The minimum atomic E-state index is -0.587. The van der Waals surface area contributed by atoms with Gasteiger partial charge in [-0.25, -0.2) is 4.79 Å². The van der Waals surface area contributed by atoms with Crippen LogP contribution in [0.15, 0.2) is 34.8 Å². The Morgan fingerprint density at radius 2 is 2.26 bits per heavy atom. The van der Waals surface area contributed by atoms with Gasteiger partial charge in [-0.3, -0.25) is 4.79 Å². The fraction of sp³-hybridized carbons (Fsp3) is 0.143. The molecular weight excluding hydrogens is 310 g/mol. The highest BCUT2D eigenvalue weighted by atomic mass is 79.9. The highest BCUT2D eigenvalue weighted by molar-refractivity contribution is 9.10. The predicted molar refractivity (Wildman–Crippen MR) is 76.0 cm³/mol. The zero-order valence-electron chi connectivity index (χ0n) is 10.1. The van der Waals surface area contributed by atoms with Gasteiger partial charge < -0.3 is 10.1 Å². The van der Waals surface area contributed by atoms with Gasteiger partial charge >= 0.3 is 5.97 Å². The van der Waals surface area contributed by atoms with Crippen molar-refractivity contribution in [3.8, 4) is 12.3 Å². The van der Waals surface area contributed by atoms with E-state index in [4.69, 9.17) is 11.2 Å². The Hall–Kier alpha value is -2.06. The lowest BCUT2D eigenvalue weighted by Crippen LogP contribution is -2.28. The second-order valence-electron chi connectivity index (χ2n) is 3.48. The van der Waals surface area contributed by atoms with Crippen LogP contribution in [0.1, 0.15) is 5.56 Å². The van der Waals surface area contributed by atoms with Gasteiger partial charge in [0.15, 0.2) is 6.61 Å². The van der Waals surface area contributed by atoms with E-state index in [0.717, 1.165) is 10.0 Å². The molecule has 0 atom stereocenters. The number of ether oxygens (including phenoxy) is 1. The van der Waals surface area contributed by atoms with Crippen LogP contribution in [0.25, 0.3) is 6.08 Å². The summed E-state index contributed by atoms with van der Waals surface area (Å²) in [6.07, 6.45) is 7.83. The molecule has 4 nitrogen and oxygen atoms in total. The number of esters is 1. The Morgan fingerprint density at radius 1 is 1.47 bits per heavy atom. The number of amides is 1. The lowest BCUT2D eigenvalue weighted by Gasteiger charge is -2.01. The predicted octanol–water partition coefficient (Wildman–Crippen LogP) is 1.75. The van der Waals surface area contributed by atoms with E-state index < -0.39 is 11.9 Å². The molecule has 0 spiro atoms. The summed E-state index contributed by atoms with van der Waals surface area (Å²) >= 11 is 3.32. The van der Waals surface area contributed by atoms with Gasteiger partial charge in [0.05, 0.1) is 6.54 Å². The summed E-state index contributed by atoms with van der Waals surface area (Å²) in [6.45, 7) is -0.229. The van der Waals surface area contributed by atoms with Crippen LogP contribution in [0, 0.1) is 12.3 Å². The summed E-state index contributed by atoms with van der Waals surface area (Å²) in [5.74, 6) is 1.23. The molecule has 0 heterocycles. The number of hydrogen-bond acceptors (Lipinski definition) is 3. The average molecular weight is 322 g/mol. The van der Waals surface area contributed by atoms with Crippen LogP contribution in [0.4, 0.5) is 0 Å². The largest absolute Gasteiger partial charge is 0.452 e. The van der Waals surface area contributed by atoms with Gasteiger partial charge in [0.1, 0.15) is 0 Å². The monoisotopic (exact) mass is 321 g/mol. The molecule has 0 aliphatic heterocycles. The first kappa shape index (κ1) is 15.0. The van der Waals surface area contributed by atoms with Crippen LogP contribution in [0.2, 0.25) is 0 Å². The second kappa shape index (κ2) is 8.11. The first-order chi connectivity index (χ1) is 9.11. The van der Waals surface area contributed by atoms with Crippen molar-refractivity contribution in [3.63, 3.8) is 0 Å². The smallest absolute Gasteiger partial charge is 0.331 e. The third-order valence-corrected chi connectivity index (χ3v) is 2.49. The molecule has 0 radical (unpaired) electrons. The van der Waals surface area contributed by atoms with Crippen molar-refractivity contribution in [1.29, 1.82) is 0 Å². The molecule has 0 saturated heterocycles. The fourth-order valence-electron chi connectivity index (χ4n) is 1.16. The van der Waals surface area contributed by atoms with Gasteiger partial charge in [0.25, 0.3) is 5.91 Å². The summed E-state index contributed by atoms with van der Waals surface area (Å²) in [7, 11) is 0. The summed E-state index contributed by atoms with van der Waals surface area (Å²) < 4.78 is 5.65.